The van der Waals surface area contributed by atoms with E-state index in [2.05, 4.69) is 17.2 Å². The van der Waals surface area contributed by atoms with Crippen LogP contribution in [0.5, 0.6) is 0 Å². The van der Waals surface area contributed by atoms with Gasteiger partial charge in [0.2, 0.25) is 0 Å². The van der Waals surface area contributed by atoms with Gasteiger partial charge in [0.15, 0.2) is 0 Å². The summed E-state index contributed by atoms with van der Waals surface area (Å²) in [5.74, 6) is -0.0262. The van der Waals surface area contributed by atoms with Crippen LogP contribution < -0.4 is 5.32 Å². The van der Waals surface area contributed by atoms with Crippen molar-refractivity contribution in [2.75, 3.05) is 19.8 Å². The first kappa shape index (κ1) is 14.6. The molecule has 1 heterocycles. The molecule has 108 valence electrons. The predicted molar refractivity (Wildman–Crippen MR) is 81.2 cm³/mol. The van der Waals surface area contributed by atoms with Crippen LogP contribution in [0, 0.1) is 13.8 Å². The number of rotatable bonds is 6. The van der Waals surface area contributed by atoms with E-state index in [1.54, 1.807) is 0 Å². The normalized spacial score (nSPS) is 10.9. The van der Waals surface area contributed by atoms with Crippen molar-refractivity contribution in [2.24, 2.45) is 0 Å². The molecule has 0 spiro atoms. The van der Waals surface area contributed by atoms with Gasteiger partial charge in [-0.2, -0.15) is 0 Å². The summed E-state index contributed by atoms with van der Waals surface area (Å²) in [5, 5.41) is 4.03. The Morgan fingerprint density at radius 2 is 2.15 bits per heavy atom. The second kappa shape index (κ2) is 6.57. The summed E-state index contributed by atoms with van der Waals surface area (Å²) in [6.45, 7) is 8.13. The summed E-state index contributed by atoms with van der Waals surface area (Å²) in [5.41, 5.74) is 4.13. The van der Waals surface area contributed by atoms with Gasteiger partial charge in [0, 0.05) is 41.9 Å². The second-order valence-electron chi connectivity index (χ2n) is 4.94. The lowest BCUT2D eigenvalue weighted by atomic mass is 10.1. The van der Waals surface area contributed by atoms with Gasteiger partial charge in [0.1, 0.15) is 0 Å². The van der Waals surface area contributed by atoms with E-state index in [1.165, 1.54) is 5.56 Å². The molecule has 1 aromatic carbocycles. The predicted octanol–water partition coefficient (Wildman–Crippen LogP) is 2.94. The molecule has 1 aromatic heterocycles. The smallest absolute Gasteiger partial charge is 0.251 e. The molecule has 0 unspecified atom stereocenters. The van der Waals surface area contributed by atoms with Gasteiger partial charge in [-0.1, -0.05) is 0 Å². The van der Waals surface area contributed by atoms with E-state index in [9.17, 15) is 4.79 Å². The summed E-state index contributed by atoms with van der Waals surface area (Å²) in [4.78, 5) is 15.4. The Labute approximate surface area is 119 Å². The van der Waals surface area contributed by atoms with Gasteiger partial charge in [-0.25, -0.2) is 0 Å². The van der Waals surface area contributed by atoms with Gasteiger partial charge in [0.25, 0.3) is 5.91 Å². The van der Waals surface area contributed by atoms with Crippen molar-refractivity contribution in [2.45, 2.75) is 27.2 Å². The second-order valence-corrected chi connectivity index (χ2v) is 4.94. The number of amides is 1. The van der Waals surface area contributed by atoms with Crippen LogP contribution >= 0.6 is 0 Å². The van der Waals surface area contributed by atoms with Crippen molar-refractivity contribution in [1.29, 1.82) is 0 Å². The minimum absolute atomic E-state index is 0.0262. The zero-order chi connectivity index (χ0) is 14.5. The Bertz CT molecular complexity index is 602. The van der Waals surface area contributed by atoms with Crippen LogP contribution in [0.15, 0.2) is 18.2 Å². The van der Waals surface area contributed by atoms with Crippen molar-refractivity contribution in [3.63, 3.8) is 0 Å². The number of aromatic nitrogens is 1. The Hall–Kier alpha value is -1.81. The Morgan fingerprint density at radius 1 is 1.35 bits per heavy atom. The molecule has 0 bridgehead atoms. The number of H-pyrrole nitrogens is 1. The molecule has 0 saturated carbocycles. The average molecular weight is 274 g/mol. The highest BCUT2D eigenvalue weighted by molar-refractivity contribution is 5.99. The summed E-state index contributed by atoms with van der Waals surface area (Å²) in [7, 11) is 0. The van der Waals surface area contributed by atoms with E-state index >= 15 is 0 Å². The van der Waals surface area contributed by atoms with Gasteiger partial charge in [-0.3, -0.25) is 4.79 Å². The Morgan fingerprint density at radius 3 is 2.90 bits per heavy atom. The molecule has 20 heavy (non-hydrogen) atoms. The molecule has 2 rings (SSSR count). The molecule has 0 fully saturated rings. The van der Waals surface area contributed by atoms with Crippen molar-refractivity contribution >= 4 is 16.8 Å². The lowest BCUT2D eigenvalue weighted by Gasteiger charge is -2.06. The quantitative estimate of drug-likeness (QED) is 0.796. The zero-order valence-electron chi connectivity index (χ0n) is 12.4. The van der Waals surface area contributed by atoms with Crippen molar-refractivity contribution in [1.82, 2.24) is 10.3 Å². The summed E-state index contributed by atoms with van der Waals surface area (Å²) in [6, 6.07) is 5.77. The molecule has 2 aromatic rings. The third-order valence-electron chi connectivity index (χ3n) is 3.53. The van der Waals surface area contributed by atoms with Crippen LogP contribution in [-0.4, -0.2) is 30.6 Å². The van der Waals surface area contributed by atoms with Crippen molar-refractivity contribution < 1.29 is 9.53 Å². The van der Waals surface area contributed by atoms with Crippen LogP contribution in [0.25, 0.3) is 10.9 Å². The van der Waals surface area contributed by atoms with E-state index < -0.39 is 0 Å². The van der Waals surface area contributed by atoms with E-state index in [-0.39, 0.29) is 5.91 Å². The summed E-state index contributed by atoms with van der Waals surface area (Å²) in [6.07, 6.45) is 0.837. The molecule has 0 saturated heterocycles. The molecule has 1 amide bonds. The molecule has 0 radical (unpaired) electrons. The molecule has 0 aliphatic heterocycles. The molecule has 4 nitrogen and oxygen atoms in total. The number of aromatic amines is 1. The maximum atomic E-state index is 12.1. The number of fused-ring (bicyclic) bond motifs is 1. The minimum atomic E-state index is -0.0262. The highest BCUT2D eigenvalue weighted by Gasteiger charge is 2.09. The van der Waals surface area contributed by atoms with Gasteiger partial charge in [-0.15, -0.1) is 0 Å². The number of hydrogen-bond acceptors (Lipinski definition) is 2. The van der Waals surface area contributed by atoms with Gasteiger partial charge >= 0.3 is 0 Å². The number of benzene rings is 1. The van der Waals surface area contributed by atoms with Crippen molar-refractivity contribution in [3.8, 4) is 0 Å². The van der Waals surface area contributed by atoms with Crippen LogP contribution in [0.1, 0.15) is 35.0 Å². The third kappa shape index (κ3) is 3.20. The van der Waals surface area contributed by atoms with Gasteiger partial charge in [-0.05, 0) is 51.0 Å². The molecular formula is C16H22N2O2. The third-order valence-corrected chi connectivity index (χ3v) is 3.53. The van der Waals surface area contributed by atoms with Crippen LogP contribution in [0.2, 0.25) is 0 Å². The monoisotopic (exact) mass is 274 g/mol. The van der Waals surface area contributed by atoms with Gasteiger partial charge in [0.05, 0.1) is 0 Å². The molecule has 2 N–H and O–H groups in total. The number of nitrogens with one attached hydrogen (secondary N) is 2. The average Bonchev–Trinajstić information content (AvgIpc) is 2.73. The number of carbonyl (C=O) groups is 1. The lowest BCUT2D eigenvalue weighted by molar-refractivity contribution is 0.0944. The SMILES string of the molecule is CCOCCCNC(=O)c1ccc2[nH]c(C)c(C)c2c1. The molecular weight excluding hydrogens is 252 g/mol. The van der Waals surface area contributed by atoms with E-state index in [0.717, 1.165) is 29.6 Å². The number of hydrogen-bond donors (Lipinski definition) is 2. The first-order valence-electron chi connectivity index (χ1n) is 7.08. The van der Waals surface area contributed by atoms with Crippen molar-refractivity contribution in [3.05, 3.63) is 35.0 Å². The Kier molecular flexibility index (Phi) is 4.79. The highest BCUT2D eigenvalue weighted by Crippen LogP contribution is 2.22. The topological polar surface area (TPSA) is 54.1 Å². The first-order valence-corrected chi connectivity index (χ1v) is 7.08. The molecule has 4 heteroatoms. The van der Waals surface area contributed by atoms with Crippen LogP contribution in [0.4, 0.5) is 0 Å². The maximum absolute atomic E-state index is 12.1. The number of aryl methyl sites for hydroxylation is 2. The fraction of sp³-hybridized carbons (Fsp3) is 0.438. The van der Waals surface area contributed by atoms with Gasteiger partial charge < -0.3 is 15.0 Å². The van der Waals surface area contributed by atoms with E-state index in [1.807, 2.05) is 32.0 Å². The minimum Gasteiger partial charge on any atom is -0.382 e. The van der Waals surface area contributed by atoms with Crippen LogP contribution in [0.3, 0.4) is 0 Å². The highest BCUT2D eigenvalue weighted by atomic mass is 16.5. The number of ether oxygens (including phenoxy) is 1. The standard InChI is InChI=1S/C16H22N2O2/c1-4-20-9-5-8-17-16(19)13-6-7-15-14(10-13)11(2)12(3)18-15/h6-7,10,18H,4-5,8-9H2,1-3H3,(H,17,19). The number of carbonyl (C=O) groups excluding carboxylic acids is 1. The van der Waals surface area contributed by atoms with Crippen LogP contribution in [-0.2, 0) is 4.74 Å². The molecule has 0 aliphatic carbocycles. The summed E-state index contributed by atoms with van der Waals surface area (Å²) >= 11 is 0. The fourth-order valence-electron chi connectivity index (χ4n) is 2.23. The molecule has 0 aliphatic rings. The summed E-state index contributed by atoms with van der Waals surface area (Å²) < 4.78 is 5.24. The zero-order valence-corrected chi connectivity index (χ0v) is 12.4. The Balaban J connectivity index is 2.01. The lowest BCUT2D eigenvalue weighted by Crippen LogP contribution is -2.25. The van der Waals surface area contributed by atoms with E-state index in [4.69, 9.17) is 4.74 Å². The first-order chi connectivity index (χ1) is 9.63. The fourth-order valence-corrected chi connectivity index (χ4v) is 2.23. The maximum Gasteiger partial charge on any atom is 0.251 e. The molecule has 0 atom stereocenters. The largest absolute Gasteiger partial charge is 0.382 e. The van der Waals surface area contributed by atoms with E-state index in [0.29, 0.717) is 18.7 Å².